The van der Waals surface area contributed by atoms with Crippen LogP contribution in [-0.2, 0) is 4.79 Å². The van der Waals surface area contributed by atoms with E-state index in [2.05, 4.69) is 37.9 Å². The molecule has 1 N–H and O–H groups in total. The van der Waals surface area contributed by atoms with Crippen molar-refractivity contribution in [1.82, 2.24) is 10.2 Å². The summed E-state index contributed by atoms with van der Waals surface area (Å²) >= 11 is 0. The summed E-state index contributed by atoms with van der Waals surface area (Å²) in [7, 11) is 0. The SMILES string of the molecule is CCC1(C)NC(C(C)C)N(CC2CCCC2)C1=O. The van der Waals surface area contributed by atoms with Gasteiger partial charge in [-0.1, -0.05) is 33.6 Å². The van der Waals surface area contributed by atoms with Crippen LogP contribution in [0.2, 0.25) is 0 Å². The molecule has 3 heteroatoms. The molecule has 2 rings (SSSR count). The van der Waals surface area contributed by atoms with Crippen LogP contribution >= 0.6 is 0 Å². The molecule has 0 bridgehead atoms. The lowest BCUT2D eigenvalue weighted by Gasteiger charge is -2.29. The van der Waals surface area contributed by atoms with E-state index in [4.69, 9.17) is 0 Å². The summed E-state index contributed by atoms with van der Waals surface area (Å²) < 4.78 is 0. The maximum atomic E-state index is 12.6. The molecule has 18 heavy (non-hydrogen) atoms. The topological polar surface area (TPSA) is 32.3 Å². The standard InChI is InChI=1S/C15H28N2O/c1-5-15(4)14(18)17(13(16-15)11(2)3)10-12-8-6-7-9-12/h11-13,16H,5-10H2,1-4H3. The number of rotatable bonds is 4. The van der Waals surface area contributed by atoms with Crippen LogP contribution in [0.15, 0.2) is 0 Å². The van der Waals surface area contributed by atoms with E-state index in [1.54, 1.807) is 0 Å². The van der Waals surface area contributed by atoms with Crippen molar-refractivity contribution in [3.63, 3.8) is 0 Å². The molecular weight excluding hydrogens is 224 g/mol. The van der Waals surface area contributed by atoms with E-state index in [9.17, 15) is 4.79 Å². The van der Waals surface area contributed by atoms with Gasteiger partial charge in [0.1, 0.15) is 0 Å². The van der Waals surface area contributed by atoms with Crippen molar-refractivity contribution in [2.75, 3.05) is 6.54 Å². The third kappa shape index (κ3) is 2.42. The highest BCUT2D eigenvalue weighted by Crippen LogP contribution is 2.32. The molecule has 1 saturated carbocycles. The van der Waals surface area contributed by atoms with Gasteiger partial charge in [-0.05, 0) is 38.0 Å². The number of carbonyl (C=O) groups excluding carboxylic acids is 1. The predicted molar refractivity (Wildman–Crippen MR) is 74.1 cm³/mol. The zero-order valence-corrected chi connectivity index (χ0v) is 12.3. The van der Waals surface area contributed by atoms with E-state index in [1.165, 1.54) is 25.7 Å². The number of nitrogens with zero attached hydrogens (tertiary/aromatic N) is 1. The van der Waals surface area contributed by atoms with Gasteiger partial charge in [-0.15, -0.1) is 0 Å². The Hall–Kier alpha value is -0.570. The maximum Gasteiger partial charge on any atom is 0.243 e. The molecule has 2 aliphatic rings. The largest absolute Gasteiger partial charge is 0.325 e. The third-order valence-electron chi connectivity index (χ3n) is 4.80. The van der Waals surface area contributed by atoms with Crippen molar-refractivity contribution in [2.45, 2.75) is 71.5 Å². The fourth-order valence-corrected chi connectivity index (χ4v) is 3.36. The van der Waals surface area contributed by atoms with Gasteiger partial charge in [0.05, 0.1) is 11.7 Å². The zero-order valence-electron chi connectivity index (χ0n) is 12.3. The molecule has 0 aromatic rings. The van der Waals surface area contributed by atoms with Crippen molar-refractivity contribution >= 4 is 5.91 Å². The number of nitrogens with one attached hydrogen (secondary N) is 1. The zero-order chi connectivity index (χ0) is 13.3. The van der Waals surface area contributed by atoms with E-state index >= 15 is 0 Å². The Bertz CT molecular complexity index is 310. The summed E-state index contributed by atoms with van der Waals surface area (Å²) in [6.07, 6.45) is 6.39. The lowest BCUT2D eigenvalue weighted by Crippen LogP contribution is -2.45. The molecule has 0 aromatic heterocycles. The first-order valence-electron chi connectivity index (χ1n) is 7.56. The minimum Gasteiger partial charge on any atom is -0.325 e. The number of hydrogen-bond donors (Lipinski definition) is 1. The minimum absolute atomic E-state index is 0.225. The second-order valence-corrected chi connectivity index (χ2v) is 6.63. The van der Waals surface area contributed by atoms with Crippen LogP contribution in [0.25, 0.3) is 0 Å². The Kier molecular flexibility index (Phi) is 4.00. The van der Waals surface area contributed by atoms with Crippen LogP contribution < -0.4 is 5.32 Å². The van der Waals surface area contributed by atoms with Gasteiger partial charge in [0, 0.05) is 6.54 Å². The predicted octanol–water partition coefficient (Wildman–Crippen LogP) is 2.76. The molecule has 1 saturated heterocycles. The highest BCUT2D eigenvalue weighted by molar-refractivity contribution is 5.88. The van der Waals surface area contributed by atoms with E-state index in [1.807, 2.05) is 0 Å². The first-order valence-corrected chi connectivity index (χ1v) is 7.56. The van der Waals surface area contributed by atoms with Gasteiger partial charge < -0.3 is 4.90 Å². The van der Waals surface area contributed by atoms with E-state index in [0.29, 0.717) is 11.8 Å². The van der Waals surface area contributed by atoms with Gasteiger partial charge in [0.2, 0.25) is 5.91 Å². The Morgan fingerprint density at radius 3 is 2.50 bits per heavy atom. The van der Waals surface area contributed by atoms with E-state index in [-0.39, 0.29) is 11.7 Å². The number of amides is 1. The molecule has 0 aromatic carbocycles. The number of hydrogen-bond acceptors (Lipinski definition) is 2. The third-order valence-corrected chi connectivity index (χ3v) is 4.80. The summed E-state index contributed by atoms with van der Waals surface area (Å²) in [6, 6.07) is 0. The smallest absolute Gasteiger partial charge is 0.243 e. The quantitative estimate of drug-likeness (QED) is 0.834. The Morgan fingerprint density at radius 2 is 2.00 bits per heavy atom. The molecule has 1 heterocycles. The van der Waals surface area contributed by atoms with E-state index < -0.39 is 0 Å². The normalized spacial score (nSPS) is 33.9. The van der Waals surface area contributed by atoms with Crippen molar-refractivity contribution < 1.29 is 4.79 Å². The van der Waals surface area contributed by atoms with Crippen LogP contribution in [0.3, 0.4) is 0 Å². The molecule has 104 valence electrons. The Balaban J connectivity index is 2.11. The molecule has 3 nitrogen and oxygen atoms in total. The molecule has 0 radical (unpaired) electrons. The van der Waals surface area contributed by atoms with Gasteiger partial charge in [-0.25, -0.2) is 0 Å². The van der Waals surface area contributed by atoms with Crippen molar-refractivity contribution in [3.05, 3.63) is 0 Å². The summed E-state index contributed by atoms with van der Waals surface area (Å²) in [4.78, 5) is 14.8. The van der Waals surface area contributed by atoms with Gasteiger partial charge >= 0.3 is 0 Å². The van der Waals surface area contributed by atoms with Gasteiger partial charge in [-0.3, -0.25) is 10.1 Å². The first kappa shape index (κ1) is 13.9. The second kappa shape index (κ2) is 5.20. The molecule has 2 fully saturated rings. The van der Waals surface area contributed by atoms with Crippen LogP contribution in [-0.4, -0.2) is 29.1 Å². The highest BCUT2D eigenvalue weighted by atomic mass is 16.2. The lowest BCUT2D eigenvalue weighted by atomic mass is 9.99. The van der Waals surface area contributed by atoms with Crippen LogP contribution in [0, 0.1) is 11.8 Å². The fourth-order valence-electron chi connectivity index (χ4n) is 3.36. The summed E-state index contributed by atoms with van der Waals surface area (Å²) in [5.74, 6) is 1.52. The fraction of sp³-hybridized carbons (Fsp3) is 0.933. The van der Waals surface area contributed by atoms with E-state index in [0.717, 1.165) is 18.9 Å². The van der Waals surface area contributed by atoms with Crippen molar-refractivity contribution in [1.29, 1.82) is 0 Å². The van der Waals surface area contributed by atoms with Gasteiger partial charge in [0.25, 0.3) is 0 Å². The van der Waals surface area contributed by atoms with Gasteiger partial charge in [-0.2, -0.15) is 0 Å². The van der Waals surface area contributed by atoms with Gasteiger partial charge in [0.15, 0.2) is 0 Å². The molecule has 2 unspecified atom stereocenters. The lowest BCUT2D eigenvalue weighted by molar-refractivity contribution is -0.133. The average molecular weight is 252 g/mol. The van der Waals surface area contributed by atoms with Crippen LogP contribution in [0.5, 0.6) is 0 Å². The van der Waals surface area contributed by atoms with Crippen molar-refractivity contribution in [3.8, 4) is 0 Å². The number of carbonyl (C=O) groups is 1. The maximum absolute atomic E-state index is 12.6. The first-order chi connectivity index (χ1) is 8.48. The molecular formula is C15H28N2O. The van der Waals surface area contributed by atoms with Crippen molar-refractivity contribution in [2.24, 2.45) is 11.8 Å². The summed E-state index contributed by atoms with van der Waals surface area (Å²) in [5, 5.41) is 3.57. The van der Waals surface area contributed by atoms with Crippen LogP contribution in [0.1, 0.15) is 59.8 Å². The Labute approximate surface area is 111 Å². The molecule has 1 amide bonds. The summed E-state index contributed by atoms with van der Waals surface area (Å²) in [6.45, 7) is 9.52. The second-order valence-electron chi connectivity index (χ2n) is 6.63. The summed E-state index contributed by atoms with van der Waals surface area (Å²) in [5.41, 5.74) is -0.340. The minimum atomic E-state index is -0.340. The highest BCUT2D eigenvalue weighted by Gasteiger charge is 2.47. The molecule has 1 aliphatic heterocycles. The molecule has 0 spiro atoms. The average Bonchev–Trinajstić information content (AvgIpc) is 2.92. The molecule has 2 atom stereocenters. The Morgan fingerprint density at radius 1 is 1.39 bits per heavy atom. The van der Waals surface area contributed by atoms with Crippen LogP contribution in [0.4, 0.5) is 0 Å². The monoisotopic (exact) mass is 252 g/mol. The molecule has 1 aliphatic carbocycles.